The molecule has 1 aromatic rings. The topological polar surface area (TPSA) is 26.3 Å². The number of carbonyl (C=O) groups excluding carboxylic acids is 1. The zero-order valence-electron chi connectivity index (χ0n) is 12.7. The van der Waals surface area contributed by atoms with Crippen molar-refractivity contribution >= 4 is 5.97 Å². The van der Waals surface area contributed by atoms with Crippen molar-refractivity contribution in [3.63, 3.8) is 0 Å². The van der Waals surface area contributed by atoms with Crippen LogP contribution in [0.25, 0.3) is 0 Å². The van der Waals surface area contributed by atoms with Gasteiger partial charge in [-0.2, -0.15) is 13.2 Å². The van der Waals surface area contributed by atoms with E-state index >= 15 is 0 Å². The number of carbonyl (C=O) groups is 1. The quantitative estimate of drug-likeness (QED) is 0.736. The maximum absolute atomic E-state index is 12.6. The lowest BCUT2D eigenvalue weighted by Gasteiger charge is -2.28. The van der Waals surface area contributed by atoms with Crippen molar-refractivity contribution in [3.05, 3.63) is 35.4 Å². The summed E-state index contributed by atoms with van der Waals surface area (Å²) in [6, 6.07) is 5.47. The molecule has 0 bridgehead atoms. The third-order valence-corrected chi connectivity index (χ3v) is 4.32. The molecule has 0 saturated heterocycles. The van der Waals surface area contributed by atoms with Gasteiger partial charge in [0.15, 0.2) is 0 Å². The molecule has 2 nitrogen and oxygen atoms in total. The predicted molar refractivity (Wildman–Crippen MR) is 77.4 cm³/mol. The molecule has 22 heavy (non-hydrogen) atoms. The summed E-state index contributed by atoms with van der Waals surface area (Å²) >= 11 is 0. The van der Waals surface area contributed by atoms with Crippen LogP contribution in [-0.2, 0) is 15.7 Å². The molecule has 0 unspecified atom stereocenters. The molecule has 0 amide bonds. The van der Waals surface area contributed by atoms with E-state index in [4.69, 9.17) is 4.74 Å². The average molecular weight is 314 g/mol. The Hall–Kier alpha value is -1.52. The summed E-state index contributed by atoms with van der Waals surface area (Å²) in [5, 5.41) is 0. The zero-order chi connectivity index (χ0) is 16.2. The van der Waals surface area contributed by atoms with Crippen molar-refractivity contribution in [1.82, 2.24) is 0 Å². The van der Waals surface area contributed by atoms with E-state index in [2.05, 4.69) is 0 Å². The van der Waals surface area contributed by atoms with Crippen LogP contribution in [0.3, 0.4) is 0 Å². The van der Waals surface area contributed by atoms with E-state index in [0.717, 1.165) is 43.4 Å². The highest BCUT2D eigenvalue weighted by Gasteiger charge is 2.30. The molecular formula is C17H21F3O2. The van der Waals surface area contributed by atoms with Crippen LogP contribution in [0.1, 0.15) is 56.1 Å². The van der Waals surface area contributed by atoms with Gasteiger partial charge < -0.3 is 4.74 Å². The molecule has 122 valence electrons. The van der Waals surface area contributed by atoms with Crippen molar-refractivity contribution < 1.29 is 22.7 Å². The lowest BCUT2D eigenvalue weighted by Crippen LogP contribution is -2.18. The van der Waals surface area contributed by atoms with E-state index < -0.39 is 11.7 Å². The van der Waals surface area contributed by atoms with Crippen LogP contribution in [0, 0.1) is 5.92 Å². The van der Waals surface area contributed by atoms with Crippen molar-refractivity contribution in [2.24, 2.45) is 5.92 Å². The summed E-state index contributed by atoms with van der Waals surface area (Å²) in [5.41, 5.74) is 0.356. The Labute approximate surface area is 128 Å². The second-order valence-corrected chi connectivity index (χ2v) is 5.85. The van der Waals surface area contributed by atoms with E-state index in [-0.39, 0.29) is 5.97 Å². The van der Waals surface area contributed by atoms with Gasteiger partial charge in [-0.1, -0.05) is 12.1 Å². The standard InChI is InChI=1S/C17H21F3O2/c1-2-22-16(21)11-12-3-5-13(6-4-12)14-7-9-15(10-8-14)17(18,19)20/h7-10,12-13H,2-6,11H2,1H3. The highest BCUT2D eigenvalue weighted by atomic mass is 19.4. The van der Waals surface area contributed by atoms with E-state index in [9.17, 15) is 18.0 Å². The van der Waals surface area contributed by atoms with Crippen LogP contribution < -0.4 is 0 Å². The number of hydrogen-bond acceptors (Lipinski definition) is 2. The van der Waals surface area contributed by atoms with E-state index in [1.807, 2.05) is 0 Å². The number of ether oxygens (including phenoxy) is 1. The minimum atomic E-state index is -4.28. The Kier molecular flexibility index (Phi) is 5.48. The molecule has 1 aromatic carbocycles. The van der Waals surface area contributed by atoms with Crippen LogP contribution >= 0.6 is 0 Å². The van der Waals surface area contributed by atoms with Gasteiger partial charge in [-0.05, 0) is 62.1 Å². The molecule has 0 heterocycles. The van der Waals surface area contributed by atoms with Crippen LogP contribution in [0.15, 0.2) is 24.3 Å². The molecule has 0 aliphatic heterocycles. The Morgan fingerprint density at radius 2 is 1.73 bits per heavy atom. The van der Waals surface area contributed by atoms with Gasteiger partial charge in [0.25, 0.3) is 0 Å². The molecule has 5 heteroatoms. The van der Waals surface area contributed by atoms with E-state index in [0.29, 0.717) is 24.9 Å². The lowest BCUT2D eigenvalue weighted by atomic mass is 9.77. The average Bonchev–Trinajstić information content (AvgIpc) is 2.47. The van der Waals surface area contributed by atoms with Crippen molar-refractivity contribution in [1.29, 1.82) is 0 Å². The predicted octanol–water partition coefficient (Wildman–Crippen LogP) is 4.93. The summed E-state index contributed by atoms with van der Waals surface area (Å²) in [5.74, 6) is 0.478. The first-order valence-corrected chi connectivity index (χ1v) is 7.73. The Balaban J connectivity index is 1.88. The summed E-state index contributed by atoms with van der Waals surface area (Å²) in [7, 11) is 0. The number of esters is 1. The molecule has 0 aromatic heterocycles. The fourth-order valence-electron chi connectivity index (χ4n) is 3.10. The summed E-state index contributed by atoms with van der Waals surface area (Å²) in [6.45, 7) is 2.19. The maximum Gasteiger partial charge on any atom is 0.416 e. The molecule has 1 fully saturated rings. The Morgan fingerprint density at radius 3 is 2.23 bits per heavy atom. The Bertz CT molecular complexity index is 486. The smallest absolute Gasteiger partial charge is 0.416 e. The molecule has 1 aliphatic rings. The molecule has 2 rings (SSSR count). The van der Waals surface area contributed by atoms with Gasteiger partial charge in [0.2, 0.25) is 0 Å². The fraction of sp³-hybridized carbons (Fsp3) is 0.588. The monoisotopic (exact) mass is 314 g/mol. The summed E-state index contributed by atoms with van der Waals surface area (Å²) in [6.07, 6.45) is -0.163. The van der Waals surface area contributed by atoms with Crippen LogP contribution in [0.5, 0.6) is 0 Å². The first-order valence-electron chi connectivity index (χ1n) is 7.73. The van der Waals surface area contributed by atoms with E-state index in [1.54, 1.807) is 19.1 Å². The summed E-state index contributed by atoms with van der Waals surface area (Å²) in [4.78, 5) is 11.5. The minimum Gasteiger partial charge on any atom is -0.466 e. The van der Waals surface area contributed by atoms with Crippen LogP contribution in [0.2, 0.25) is 0 Å². The number of benzene rings is 1. The molecule has 0 spiro atoms. The largest absolute Gasteiger partial charge is 0.466 e. The van der Waals surface area contributed by atoms with Crippen molar-refractivity contribution in [3.8, 4) is 0 Å². The summed E-state index contributed by atoms with van der Waals surface area (Å²) < 4.78 is 42.6. The first kappa shape index (κ1) is 16.8. The van der Waals surface area contributed by atoms with Crippen LogP contribution in [0.4, 0.5) is 13.2 Å². The highest BCUT2D eigenvalue weighted by Crippen LogP contribution is 2.38. The van der Waals surface area contributed by atoms with Gasteiger partial charge >= 0.3 is 12.1 Å². The van der Waals surface area contributed by atoms with Crippen molar-refractivity contribution in [2.45, 2.75) is 51.1 Å². The highest BCUT2D eigenvalue weighted by molar-refractivity contribution is 5.69. The van der Waals surface area contributed by atoms with Gasteiger partial charge in [-0.25, -0.2) is 0 Å². The second kappa shape index (κ2) is 7.16. The SMILES string of the molecule is CCOC(=O)CC1CCC(c2ccc(C(F)(F)F)cc2)CC1. The molecule has 0 N–H and O–H groups in total. The second-order valence-electron chi connectivity index (χ2n) is 5.85. The maximum atomic E-state index is 12.6. The minimum absolute atomic E-state index is 0.152. The normalized spacial score (nSPS) is 22.4. The first-order chi connectivity index (χ1) is 10.4. The van der Waals surface area contributed by atoms with Gasteiger partial charge in [-0.3, -0.25) is 4.79 Å². The lowest BCUT2D eigenvalue weighted by molar-refractivity contribution is -0.144. The van der Waals surface area contributed by atoms with Gasteiger partial charge in [-0.15, -0.1) is 0 Å². The number of alkyl halides is 3. The number of halogens is 3. The molecule has 1 saturated carbocycles. The number of hydrogen-bond donors (Lipinski definition) is 0. The zero-order valence-corrected chi connectivity index (χ0v) is 12.7. The molecule has 1 aliphatic carbocycles. The molecular weight excluding hydrogens is 293 g/mol. The third kappa shape index (κ3) is 4.49. The third-order valence-electron chi connectivity index (χ3n) is 4.32. The Morgan fingerprint density at radius 1 is 1.14 bits per heavy atom. The van der Waals surface area contributed by atoms with Gasteiger partial charge in [0.05, 0.1) is 12.2 Å². The van der Waals surface area contributed by atoms with E-state index in [1.165, 1.54) is 0 Å². The molecule has 0 radical (unpaired) electrons. The number of rotatable bonds is 4. The molecule has 0 atom stereocenters. The van der Waals surface area contributed by atoms with Gasteiger partial charge in [0, 0.05) is 6.42 Å². The van der Waals surface area contributed by atoms with Crippen molar-refractivity contribution in [2.75, 3.05) is 6.61 Å². The van der Waals surface area contributed by atoms with Crippen LogP contribution in [-0.4, -0.2) is 12.6 Å². The van der Waals surface area contributed by atoms with Gasteiger partial charge in [0.1, 0.15) is 0 Å². The fourth-order valence-corrected chi connectivity index (χ4v) is 3.10.